The molecule has 0 saturated heterocycles. The maximum atomic E-state index is 13.1. The molecule has 0 aliphatic carbocycles. The van der Waals surface area contributed by atoms with Gasteiger partial charge in [-0.25, -0.2) is 4.39 Å². The van der Waals surface area contributed by atoms with Crippen LogP contribution in [0.3, 0.4) is 0 Å². The van der Waals surface area contributed by atoms with Gasteiger partial charge in [0.05, 0.1) is 11.6 Å². The highest BCUT2D eigenvalue weighted by molar-refractivity contribution is 9.10. The van der Waals surface area contributed by atoms with E-state index in [1.165, 1.54) is 18.2 Å². The van der Waals surface area contributed by atoms with Gasteiger partial charge < -0.3 is 5.32 Å². The van der Waals surface area contributed by atoms with E-state index in [0.717, 1.165) is 10.2 Å². The molecule has 0 aliphatic heterocycles. The van der Waals surface area contributed by atoms with Gasteiger partial charge in [0.25, 0.3) is 0 Å². The topological polar surface area (TPSA) is 35.8 Å². The Kier molecular flexibility index (Phi) is 4.41. The smallest absolute Gasteiger partial charge is 0.123 e. The first-order valence-electron chi connectivity index (χ1n) is 5.47. The molecule has 0 unspecified atom stereocenters. The Balaban J connectivity index is 2.15. The van der Waals surface area contributed by atoms with Crippen molar-refractivity contribution in [2.75, 3.05) is 5.32 Å². The van der Waals surface area contributed by atoms with Gasteiger partial charge in [-0.15, -0.1) is 0 Å². The van der Waals surface area contributed by atoms with E-state index < -0.39 is 0 Å². The molecular weight excluding hydrogens is 331 g/mol. The molecule has 0 fully saturated rings. The molecule has 96 valence electrons. The average molecular weight is 340 g/mol. The number of hydrogen-bond donors (Lipinski definition) is 1. The van der Waals surface area contributed by atoms with Crippen LogP contribution in [0.5, 0.6) is 0 Å². The minimum Gasteiger partial charge on any atom is -0.380 e. The molecule has 0 radical (unpaired) electrons. The van der Waals surface area contributed by atoms with Crippen LogP contribution in [-0.2, 0) is 6.54 Å². The van der Waals surface area contributed by atoms with E-state index in [1.54, 1.807) is 18.2 Å². The Bertz CT molecular complexity index is 652. The molecule has 19 heavy (non-hydrogen) atoms. The maximum absolute atomic E-state index is 13.1. The Hall–Kier alpha value is -1.57. The lowest BCUT2D eigenvalue weighted by Crippen LogP contribution is -2.01. The number of hydrogen-bond acceptors (Lipinski definition) is 2. The Morgan fingerprint density at radius 1 is 1.26 bits per heavy atom. The number of nitrogens with one attached hydrogen (secondary N) is 1. The standard InChI is InChI=1S/C14H9BrClFN2/c15-12-5-9(7-18)1-4-14(12)19-8-10-6-11(17)2-3-13(10)16/h1-6,19H,8H2. The summed E-state index contributed by atoms with van der Waals surface area (Å²) in [5.41, 5.74) is 2.07. The van der Waals surface area contributed by atoms with Gasteiger partial charge in [-0.05, 0) is 57.9 Å². The van der Waals surface area contributed by atoms with Crippen LogP contribution < -0.4 is 5.32 Å². The van der Waals surface area contributed by atoms with E-state index in [9.17, 15) is 4.39 Å². The summed E-state index contributed by atoms with van der Waals surface area (Å²) < 4.78 is 13.9. The van der Waals surface area contributed by atoms with Crippen LogP contribution in [0.25, 0.3) is 0 Å². The summed E-state index contributed by atoms with van der Waals surface area (Å²) in [7, 11) is 0. The van der Waals surface area contributed by atoms with Gasteiger partial charge in [0.1, 0.15) is 5.82 Å². The molecule has 0 aromatic heterocycles. The van der Waals surface area contributed by atoms with Crippen molar-refractivity contribution in [1.29, 1.82) is 5.26 Å². The summed E-state index contributed by atoms with van der Waals surface area (Å²) in [5, 5.41) is 12.4. The van der Waals surface area contributed by atoms with Crippen LogP contribution in [0.4, 0.5) is 10.1 Å². The van der Waals surface area contributed by atoms with E-state index in [4.69, 9.17) is 16.9 Å². The maximum Gasteiger partial charge on any atom is 0.123 e. The lowest BCUT2D eigenvalue weighted by atomic mass is 10.2. The zero-order chi connectivity index (χ0) is 13.8. The Labute approximate surface area is 123 Å². The van der Waals surface area contributed by atoms with Gasteiger partial charge in [0.15, 0.2) is 0 Å². The quantitative estimate of drug-likeness (QED) is 0.878. The van der Waals surface area contributed by atoms with Gasteiger partial charge in [-0.2, -0.15) is 5.26 Å². The summed E-state index contributed by atoms with van der Waals surface area (Å²) in [6.07, 6.45) is 0. The van der Waals surface area contributed by atoms with Crippen LogP contribution in [0.1, 0.15) is 11.1 Å². The van der Waals surface area contributed by atoms with Gasteiger partial charge >= 0.3 is 0 Å². The monoisotopic (exact) mass is 338 g/mol. The number of nitrogens with zero attached hydrogens (tertiary/aromatic N) is 1. The molecule has 2 aromatic rings. The van der Waals surface area contributed by atoms with E-state index in [-0.39, 0.29) is 5.82 Å². The van der Waals surface area contributed by atoms with E-state index in [1.807, 2.05) is 0 Å². The first-order valence-corrected chi connectivity index (χ1v) is 6.64. The van der Waals surface area contributed by atoms with Gasteiger partial charge in [0, 0.05) is 21.7 Å². The van der Waals surface area contributed by atoms with Crippen LogP contribution in [0.15, 0.2) is 40.9 Å². The molecule has 0 atom stereocenters. The first kappa shape index (κ1) is 13.9. The first-order chi connectivity index (χ1) is 9.10. The summed E-state index contributed by atoms with van der Waals surface area (Å²) in [4.78, 5) is 0. The van der Waals surface area contributed by atoms with Crippen molar-refractivity contribution in [3.8, 4) is 6.07 Å². The molecule has 0 aliphatic rings. The number of anilines is 1. The molecule has 5 heteroatoms. The molecule has 0 heterocycles. The predicted molar refractivity (Wildman–Crippen MR) is 77.6 cm³/mol. The van der Waals surface area contributed by atoms with Gasteiger partial charge in [-0.3, -0.25) is 0 Å². The highest BCUT2D eigenvalue weighted by Gasteiger charge is 2.05. The molecule has 0 amide bonds. The van der Waals surface area contributed by atoms with Crippen molar-refractivity contribution >= 4 is 33.2 Å². The Morgan fingerprint density at radius 2 is 2.05 bits per heavy atom. The van der Waals surface area contributed by atoms with Gasteiger partial charge in [-0.1, -0.05) is 11.6 Å². The normalized spacial score (nSPS) is 10.0. The molecule has 2 aromatic carbocycles. The summed E-state index contributed by atoms with van der Waals surface area (Å²) in [5.74, 6) is -0.319. The van der Waals surface area contributed by atoms with E-state index in [2.05, 4.69) is 27.3 Å². The molecule has 1 N–H and O–H groups in total. The molecule has 0 saturated carbocycles. The summed E-state index contributed by atoms with van der Waals surface area (Å²) >= 11 is 9.36. The molecule has 0 spiro atoms. The van der Waals surface area contributed by atoms with Crippen molar-refractivity contribution in [3.05, 3.63) is 62.8 Å². The second-order valence-corrected chi connectivity index (χ2v) is 5.16. The second-order valence-electron chi connectivity index (χ2n) is 3.90. The third-order valence-electron chi connectivity index (χ3n) is 2.58. The fourth-order valence-electron chi connectivity index (χ4n) is 1.60. The Morgan fingerprint density at radius 3 is 2.74 bits per heavy atom. The molecular formula is C14H9BrClFN2. The van der Waals surface area contributed by atoms with Crippen LogP contribution in [0.2, 0.25) is 5.02 Å². The largest absolute Gasteiger partial charge is 0.380 e. The van der Waals surface area contributed by atoms with Gasteiger partial charge in [0.2, 0.25) is 0 Å². The van der Waals surface area contributed by atoms with E-state index >= 15 is 0 Å². The fraction of sp³-hybridized carbons (Fsp3) is 0.0714. The third-order valence-corrected chi connectivity index (χ3v) is 3.60. The fourth-order valence-corrected chi connectivity index (χ4v) is 2.30. The lowest BCUT2D eigenvalue weighted by Gasteiger charge is -2.10. The van der Waals surface area contributed by atoms with Crippen molar-refractivity contribution in [1.82, 2.24) is 0 Å². The third kappa shape index (κ3) is 3.46. The minimum absolute atomic E-state index is 0.319. The molecule has 2 nitrogen and oxygen atoms in total. The minimum atomic E-state index is -0.319. The van der Waals surface area contributed by atoms with Crippen molar-refractivity contribution in [2.45, 2.75) is 6.54 Å². The number of benzene rings is 2. The predicted octanol–water partition coefficient (Wildman–Crippen LogP) is 4.73. The zero-order valence-corrected chi connectivity index (χ0v) is 12.1. The number of rotatable bonds is 3. The van der Waals surface area contributed by atoms with Crippen molar-refractivity contribution in [2.24, 2.45) is 0 Å². The molecule has 0 bridgehead atoms. The second kappa shape index (κ2) is 6.05. The van der Waals surface area contributed by atoms with Crippen LogP contribution in [-0.4, -0.2) is 0 Å². The van der Waals surface area contributed by atoms with E-state index in [0.29, 0.717) is 22.7 Å². The van der Waals surface area contributed by atoms with Crippen molar-refractivity contribution in [3.63, 3.8) is 0 Å². The number of nitriles is 1. The average Bonchev–Trinajstić information content (AvgIpc) is 2.40. The van der Waals surface area contributed by atoms with Crippen LogP contribution >= 0.6 is 27.5 Å². The summed E-state index contributed by atoms with van der Waals surface area (Å²) in [6, 6.07) is 11.5. The number of halogens is 3. The molecule has 2 rings (SSSR count). The zero-order valence-electron chi connectivity index (χ0n) is 9.75. The highest BCUT2D eigenvalue weighted by Crippen LogP contribution is 2.25. The van der Waals surface area contributed by atoms with Crippen molar-refractivity contribution < 1.29 is 4.39 Å². The SMILES string of the molecule is N#Cc1ccc(NCc2cc(F)ccc2Cl)c(Br)c1. The summed E-state index contributed by atoms with van der Waals surface area (Å²) in [6.45, 7) is 0.404. The lowest BCUT2D eigenvalue weighted by molar-refractivity contribution is 0.626. The van der Waals surface area contributed by atoms with Crippen LogP contribution in [0, 0.1) is 17.1 Å². The highest BCUT2D eigenvalue weighted by atomic mass is 79.9.